The van der Waals surface area contributed by atoms with Gasteiger partial charge in [-0.25, -0.2) is 4.98 Å². The van der Waals surface area contributed by atoms with Gasteiger partial charge in [0.2, 0.25) is 5.91 Å². The molecule has 0 saturated carbocycles. The highest BCUT2D eigenvalue weighted by atomic mass is 19.3. The smallest absolute Gasteiger partial charge is 0.320 e. The fourth-order valence-corrected chi connectivity index (χ4v) is 3.43. The van der Waals surface area contributed by atoms with E-state index in [9.17, 15) is 13.6 Å². The van der Waals surface area contributed by atoms with Gasteiger partial charge in [0.15, 0.2) is 0 Å². The van der Waals surface area contributed by atoms with E-state index in [4.69, 9.17) is 4.42 Å². The molecule has 144 valence electrons. The van der Waals surface area contributed by atoms with Crippen LogP contribution < -0.4 is 5.32 Å². The summed E-state index contributed by atoms with van der Waals surface area (Å²) >= 11 is 0. The molecule has 0 aliphatic carbocycles. The fourth-order valence-electron chi connectivity index (χ4n) is 3.43. The Balaban J connectivity index is 1.56. The number of rotatable bonds is 5. The van der Waals surface area contributed by atoms with E-state index in [1.807, 2.05) is 25.1 Å². The lowest BCUT2D eigenvalue weighted by Crippen LogP contribution is -2.30. The topological polar surface area (TPSA) is 60.1 Å². The van der Waals surface area contributed by atoms with E-state index in [1.54, 1.807) is 37.5 Å². The summed E-state index contributed by atoms with van der Waals surface area (Å²) < 4.78 is 33.6. The molecule has 2 heterocycles. The molecule has 0 fully saturated rings. The average Bonchev–Trinajstić information content (AvgIpc) is 3.22. The van der Waals surface area contributed by atoms with Crippen molar-refractivity contribution in [2.45, 2.75) is 32.9 Å². The third-order valence-corrected chi connectivity index (χ3v) is 4.75. The molecular formula is C21H19F2N3O2. The molecule has 0 saturated heterocycles. The molecule has 0 aliphatic heterocycles. The molecule has 0 spiro atoms. The monoisotopic (exact) mass is 383 g/mol. The van der Waals surface area contributed by atoms with Gasteiger partial charge in [-0.05, 0) is 37.6 Å². The molecule has 28 heavy (non-hydrogen) atoms. The first-order valence-electron chi connectivity index (χ1n) is 8.95. The molecule has 2 aromatic heterocycles. The maximum absolute atomic E-state index is 13.6. The summed E-state index contributed by atoms with van der Waals surface area (Å²) in [5, 5.41) is 3.64. The van der Waals surface area contributed by atoms with Crippen LogP contribution in [-0.2, 0) is 11.2 Å². The molecule has 4 aromatic rings. The number of carbonyl (C=O) groups is 1. The second kappa shape index (κ2) is 7.07. The molecule has 0 radical (unpaired) electrons. The van der Waals surface area contributed by atoms with Crippen LogP contribution in [0.5, 0.6) is 0 Å². The molecule has 7 heteroatoms. The predicted molar refractivity (Wildman–Crippen MR) is 102 cm³/mol. The minimum absolute atomic E-state index is 0.0926. The summed E-state index contributed by atoms with van der Waals surface area (Å²) in [6.45, 7) is 0.864. The summed E-state index contributed by atoms with van der Waals surface area (Å²) in [6.07, 6.45) is 1.65. The van der Waals surface area contributed by atoms with Gasteiger partial charge < -0.3 is 9.73 Å². The third-order valence-electron chi connectivity index (χ3n) is 4.75. The summed E-state index contributed by atoms with van der Waals surface area (Å²) in [5.41, 5.74) is 3.34. The first-order chi connectivity index (χ1) is 13.4. The number of aromatic nitrogens is 2. The van der Waals surface area contributed by atoms with Crippen molar-refractivity contribution < 1.29 is 18.0 Å². The summed E-state index contributed by atoms with van der Waals surface area (Å²) in [6, 6.07) is 11.8. The number of alkyl halides is 2. The van der Waals surface area contributed by atoms with Crippen molar-refractivity contribution >= 4 is 27.9 Å². The van der Waals surface area contributed by atoms with Crippen LogP contribution in [0.1, 0.15) is 36.5 Å². The Morgan fingerprint density at radius 1 is 1.25 bits per heavy atom. The van der Waals surface area contributed by atoms with Crippen LogP contribution in [-0.4, -0.2) is 15.5 Å². The standard InChI is InChI=1S/C21H19F2N3O2/c1-12-7-8-15-14(11-28-18(15)9-12)10-19(27)24-13(2)20-25-16-5-3-4-6-17(16)26(20)21(22)23/h3-9,11,13,21H,10H2,1-2H3,(H,24,27). The van der Waals surface area contributed by atoms with Gasteiger partial charge in [0.25, 0.3) is 0 Å². The number of amides is 1. The average molecular weight is 383 g/mol. The maximum atomic E-state index is 13.6. The van der Waals surface area contributed by atoms with Crippen LogP contribution in [0.2, 0.25) is 0 Å². The van der Waals surface area contributed by atoms with Crippen LogP contribution >= 0.6 is 0 Å². The molecule has 5 nitrogen and oxygen atoms in total. The van der Waals surface area contributed by atoms with Crippen molar-refractivity contribution in [3.05, 3.63) is 65.7 Å². The summed E-state index contributed by atoms with van der Waals surface area (Å²) in [7, 11) is 0. The van der Waals surface area contributed by atoms with E-state index < -0.39 is 12.6 Å². The van der Waals surface area contributed by atoms with Gasteiger partial charge in [-0.2, -0.15) is 8.78 Å². The number of hydrogen-bond donors (Lipinski definition) is 1. The van der Waals surface area contributed by atoms with E-state index in [0.29, 0.717) is 11.0 Å². The summed E-state index contributed by atoms with van der Waals surface area (Å²) in [5.74, 6) is -0.166. The first kappa shape index (κ1) is 18.2. The Labute approximate surface area is 160 Å². The van der Waals surface area contributed by atoms with E-state index in [2.05, 4.69) is 10.3 Å². The van der Waals surface area contributed by atoms with E-state index in [-0.39, 0.29) is 18.2 Å². The second-order valence-electron chi connectivity index (χ2n) is 6.83. The molecule has 0 aliphatic rings. The van der Waals surface area contributed by atoms with Crippen molar-refractivity contribution in [2.24, 2.45) is 0 Å². The number of aryl methyl sites for hydroxylation is 1. The normalized spacial score (nSPS) is 12.8. The highest BCUT2D eigenvalue weighted by Crippen LogP contribution is 2.27. The highest BCUT2D eigenvalue weighted by molar-refractivity contribution is 5.88. The lowest BCUT2D eigenvalue weighted by molar-refractivity contribution is -0.121. The van der Waals surface area contributed by atoms with Crippen LogP contribution in [0.3, 0.4) is 0 Å². The van der Waals surface area contributed by atoms with Gasteiger partial charge in [0, 0.05) is 10.9 Å². The molecule has 1 amide bonds. The SMILES string of the molecule is Cc1ccc2c(CC(=O)NC(C)c3nc4ccccc4n3C(F)F)coc2c1. The zero-order valence-corrected chi connectivity index (χ0v) is 15.4. The van der Waals surface area contributed by atoms with Gasteiger partial charge in [0.05, 0.1) is 29.8 Å². The number of furan rings is 1. The number of benzene rings is 2. The Hall–Kier alpha value is -3.22. The second-order valence-corrected chi connectivity index (χ2v) is 6.83. The van der Waals surface area contributed by atoms with Crippen molar-refractivity contribution in [3.63, 3.8) is 0 Å². The molecule has 1 atom stereocenters. The lowest BCUT2D eigenvalue weighted by atomic mass is 10.1. The van der Waals surface area contributed by atoms with Crippen LogP contribution in [0.15, 0.2) is 53.1 Å². The number of fused-ring (bicyclic) bond motifs is 2. The molecule has 0 bridgehead atoms. The Morgan fingerprint density at radius 2 is 2.04 bits per heavy atom. The third kappa shape index (κ3) is 3.24. The van der Waals surface area contributed by atoms with Gasteiger partial charge in [-0.3, -0.25) is 9.36 Å². The van der Waals surface area contributed by atoms with E-state index in [1.165, 1.54) is 0 Å². The molecule has 1 N–H and O–H groups in total. The van der Waals surface area contributed by atoms with Gasteiger partial charge in [-0.15, -0.1) is 0 Å². The lowest BCUT2D eigenvalue weighted by Gasteiger charge is -2.15. The van der Waals surface area contributed by atoms with E-state index in [0.717, 1.165) is 26.7 Å². The minimum Gasteiger partial charge on any atom is -0.464 e. The number of carbonyl (C=O) groups excluding carboxylic acids is 1. The first-order valence-corrected chi connectivity index (χ1v) is 8.95. The van der Waals surface area contributed by atoms with Gasteiger partial charge in [0.1, 0.15) is 11.4 Å². The van der Waals surface area contributed by atoms with Crippen LogP contribution in [0, 0.1) is 6.92 Å². The zero-order chi connectivity index (χ0) is 19.8. The number of halogens is 2. The Kier molecular flexibility index (Phi) is 4.58. The van der Waals surface area contributed by atoms with Gasteiger partial charge in [-0.1, -0.05) is 24.3 Å². The van der Waals surface area contributed by atoms with Crippen molar-refractivity contribution in [2.75, 3.05) is 0 Å². The highest BCUT2D eigenvalue weighted by Gasteiger charge is 2.23. The predicted octanol–water partition coefficient (Wildman–Crippen LogP) is 4.91. The van der Waals surface area contributed by atoms with Crippen molar-refractivity contribution in [1.29, 1.82) is 0 Å². The zero-order valence-electron chi connectivity index (χ0n) is 15.4. The summed E-state index contributed by atoms with van der Waals surface area (Å²) in [4.78, 5) is 16.8. The molecule has 4 rings (SSSR count). The Bertz CT molecular complexity index is 1160. The number of hydrogen-bond acceptors (Lipinski definition) is 3. The fraction of sp³-hybridized carbons (Fsp3) is 0.238. The number of para-hydroxylation sites is 2. The maximum Gasteiger partial charge on any atom is 0.320 e. The largest absolute Gasteiger partial charge is 0.464 e. The molecule has 1 unspecified atom stereocenters. The quantitative estimate of drug-likeness (QED) is 0.533. The van der Waals surface area contributed by atoms with Crippen LogP contribution in [0.25, 0.3) is 22.0 Å². The number of nitrogens with zero attached hydrogens (tertiary/aromatic N) is 2. The number of nitrogens with one attached hydrogen (secondary N) is 1. The Morgan fingerprint density at radius 3 is 2.82 bits per heavy atom. The van der Waals surface area contributed by atoms with Crippen molar-refractivity contribution in [1.82, 2.24) is 14.9 Å². The molecule has 2 aromatic carbocycles. The van der Waals surface area contributed by atoms with Crippen LogP contribution in [0.4, 0.5) is 8.78 Å². The van der Waals surface area contributed by atoms with Crippen molar-refractivity contribution in [3.8, 4) is 0 Å². The number of imidazole rings is 1. The van der Waals surface area contributed by atoms with Gasteiger partial charge >= 0.3 is 6.55 Å². The van der Waals surface area contributed by atoms with E-state index >= 15 is 0 Å². The minimum atomic E-state index is -2.75. The molecular weight excluding hydrogens is 364 g/mol.